The zero-order valence-electron chi connectivity index (χ0n) is 10.1. The fourth-order valence-corrected chi connectivity index (χ4v) is 1.22. The zero-order chi connectivity index (χ0) is 12.7. The first-order valence-corrected chi connectivity index (χ1v) is 5.11. The molecule has 0 bridgehead atoms. The van der Waals surface area contributed by atoms with Gasteiger partial charge in [-0.1, -0.05) is 6.07 Å². The van der Waals surface area contributed by atoms with E-state index in [1.165, 1.54) is 0 Å². The van der Waals surface area contributed by atoms with Gasteiger partial charge in [0.1, 0.15) is 5.75 Å². The second-order valence-electron chi connectivity index (χ2n) is 3.29. The third-order valence-corrected chi connectivity index (χ3v) is 2.02. The van der Waals surface area contributed by atoms with E-state index in [0.29, 0.717) is 24.4 Å². The van der Waals surface area contributed by atoms with Crippen LogP contribution in [0.25, 0.3) is 0 Å². The van der Waals surface area contributed by atoms with Gasteiger partial charge in [-0.3, -0.25) is 9.79 Å². The summed E-state index contributed by atoms with van der Waals surface area (Å²) in [5.41, 5.74) is 10.8. The highest BCUT2D eigenvalue weighted by Gasteiger charge is 2.05. The molecule has 100 valence electrons. The lowest BCUT2D eigenvalue weighted by molar-refractivity contribution is 0.0954. The molecule has 0 fully saturated rings. The van der Waals surface area contributed by atoms with Crippen LogP contribution in [0.15, 0.2) is 29.3 Å². The summed E-state index contributed by atoms with van der Waals surface area (Å²) < 4.78 is 5.03. The minimum atomic E-state index is -0.185. The standard InChI is InChI=1S/C11H16N4O2.HI/c1-17-9-4-2-3-8(7-9)10(16)14-5-6-15-11(12)13;/h2-4,7H,5-6H2,1H3,(H,14,16)(H4,12,13,15);1H. The zero-order valence-corrected chi connectivity index (χ0v) is 12.4. The predicted octanol–water partition coefficient (Wildman–Crippen LogP) is 0.316. The molecule has 0 saturated carbocycles. The molecule has 0 unspecified atom stereocenters. The lowest BCUT2D eigenvalue weighted by Gasteiger charge is -2.05. The van der Waals surface area contributed by atoms with Crippen LogP contribution >= 0.6 is 24.0 Å². The maximum absolute atomic E-state index is 11.7. The Balaban J connectivity index is 0.00000289. The number of carbonyl (C=O) groups excluding carboxylic acids is 1. The first-order valence-electron chi connectivity index (χ1n) is 5.11. The van der Waals surface area contributed by atoms with Crippen molar-refractivity contribution in [3.05, 3.63) is 29.8 Å². The Kier molecular flexibility index (Phi) is 7.84. The van der Waals surface area contributed by atoms with Gasteiger partial charge in [0.15, 0.2) is 5.96 Å². The molecule has 1 aromatic rings. The molecule has 0 atom stereocenters. The number of halogens is 1. The Morgan fingerprint density at radius 3 is 2.78 bits per heavy atom. The molecule has 0 radical (unpaired) electrons. The van der Waals surface area contributed by atoms with Crippen LogP contribution in [0.1, 0.15) is 10.4 Å². The third-order valence-electron chi connectivity index (χ3n) is 2.02. The SMILES string of the molecule is COc1cccc(C(=O)NCCN=C(N)N)c1.I. The van der Waals surface area contributed by atoms with Gasteiger partial charge in [-0.25, -0.2) is 0 Å². The van der Waals surface area contributed by atoms with Gasteiger partial charge >= 0.3 is 0 Å². The van der Waals surface area contributed by atoms with Gasteiger partial charge in [0, 0.05) is 12.1 Å². The van der Waals surface area contributed by atoms with E-state index in [2.05, 4.69) is 10.3 Å². The molecule has 0 aromatic heterocycles. The molecule has 1 rings (SSSR count). The second-order valence-corrected chi connectivity index (χ2v) is 3.29. The van der Waals surface area contributed by atoms with Crippen molar-refractivity contribution >= 4 is 35.8 Å². The van der Waals surface area contributed by atoms with E-state index >= 15 is 0 Å². The number of nitrogens with zero attached hydrogens (tertiary/aromatic N) is 1. The lowest BCUT2D eigenvalue weighted by atomic mass is 10.2. The summed E-state index contributed by atoms with van der Waals surface area (Å²) in [6.45, 7) is 0.742. The average Bonchev–Trinajstić information content (AvgIpc) is 2.34. The summed E-state index contributed by atoms with van der Waals surface area (Å²) in [7, 11) is 1.55. The summed E-state index contributed by atoms with van der Waals surface area (Å²) in [6, 6.07) is 6.90. The molecule has 0 heterocycles. The Hall–Kier alpha value is -1.51. The van der Waals surface area contributed by atoms with E-state index in [0.717, 1.165) is 0 Å². The van der Waals surface area contributed by atoms with Crippen LogP contribution in [0.5, 0.6) is 5.75 Å². The number of hydrogen-bond acceptors (Lipinski definition) is 3. The molecule has 0 spiro atoms. The second kappa shape index (κ2) is 8.56. The van der Waals surface area contributed by atoms with Crippen molar-refractivity contribution in [1.82, 2.24) is 5.32 Å². The van der Waals surface area contributed by atoms with Gasteiger partial charge in [-0.05, 0) is 18.2 Å². The Labute approximate surface area is 123 Å². The van der Waals surface area contributed by atoms with Crippen molar-refractivity contribution in [2.45, 2.75) is 0 Å². The quantitative estimate of drug-likeness (QED) is 0.303. The molecule has 1 aromatic carbocycles. The number of rotatable bonds is 5. The molecular weight excluding hydrogens is 347 g/mol. The summed E-state index contributed by atoms with van der Waals surface area (Å²) >= 11 is 0. The number of guanidine groups is 1. The van der Waals surface area contributed by atoms with Crippen molar-refractivity contribution in [3.63, 3.8) is 0 Å². The number of hydrogen-bond donors (Lipinski definition) is 3. The van der Waals surface area contributed by atoms with Gasteiger partial charge in [-0.2, -0.15) is 0 Å². The summed E-state index contributed by atoms with van der Waals surface area (Å²) in [5.74, 6) is 0.470. The normalized spacial score (nSPS) is 8.94. The van der Waals surface area contributed by atoms with Crippen molar-refractivity contribution < 1.29 is 9.53 Å². The van der Waals surface area contributed by atoms with Gasteiger partial charge in [0.25, 0.3) is 5.91 Å². The minimum Gasteiger partial charge on any atom is -0.497 e. The molecule has 0 aliphatic rings. The number of methoxy groups -OCH3 is 1. The average molecular weight is 364 g/mol. The first-order chi connectivity index (χ1) is 8.13. The molecule has 18 heavy (non-hydrogen) atoms. The van der Waals surface area contributed by atoms with E-state index < -0.39 is 0 Å². The Bertz CT molecular complexity index is 419. The number of nitrogens with two attached hydrogens (primary N) is 2. The smallest absolute Gasteiger partial charge is 0.251 e. The minimum absolute atomic E-state index is 0. The molecule has 0 aliphatic heterocycles. The molecule has 0 aliphatic carbocycles. The van der Waals surface area contributed by atoms with E-state index in [1.807, 2.05) is 0 Å². The number of nitrogens with one attached hydrogen (secondary N) is 1. The van der Waals surface area contributed by atoms with E-state index in [4.69, 9.17) is 16.2 Å². The van der Waals surface area contributed by atoms with E-state index in [1.54, 1.807) is 31.4 Å². The molecule has 1 amide bonds. The maximum Gasteiger partial charge on any atom is 0.251 e. The van der Waals surface area contributed by atoms with Gasteiger partial charge < -0.3 is 21.5 Å². The van der Waals surface area contributed by atoms with Crippen LogP contribution in [0.4, 0.5) is 0 Å². The van der Waals surface area contributed by atoms with Crippen molar-refractivity contribution in [1.29, 1.82) is 0 Å². The number of amides is 1. The van der Waals surface area contributed by atoms with Crippen LogP contribution in [0.3, 0.4) is 0 Å². The van der Waals surface area contributed by atoms with E-state index in [9.17, 15) is 4.79 Å². The van der Waals surface area contributed by atoms with Crippen molar-refractivity contribution in [2.24, 2.45) is 16.5 Å². The highest BCUT2D eigenvalue weighted by molar-refractivity contribution is 14.0. The summed E-state index contributed by atoms with van der Waals surface area (Å²) in [6.07, 6.45) is 0. The van der Waals surface area contributed by atoms with Crippen molar-refractivity contribution in [3.8, 4) is 5.75 Å². The van der Waals surface area contributed by atoms with Gasteiger partial charge in [0.05, 0.1) is 13.7 Å². The van der Waals surface area contributed by atoms with Crippen LogP contribution < -0.4 is 21.5 Å². The van der Waals surface area contributed by atoms with Crippen LogP contribution in [-0.2, 0) is 0 Å². The number of benzene rings is 1. The Morgan fingerprint density at radius 1 is 1.44 bits per heavy atom. The topological polar surface area (TPSA) is 103 Å². The fourth-order valence-electron chi connectivity index (χ4n) is 1.22. The molecular formula is C11H17IN4O2. The lowest BCUT2D eigenvalue weighted by Crippen LogP contribution is -2.28. The largest absolute Gasteiger partial charge is 0.497 e. The highest BCUT2D eigenvalue weighted by atomic mass is 127. The highest BCUT2D eigenvalue weighted by Crippen LogP contribution is 2.11. The van der Waals surface area contributed by atoms with Crippen LogP contribution in [0, 0.1) is 0 Å². The monoisotopic (exact) mass is 364 g/mol. The molecule has 0 saturated heterocycles. The van der Waals surface area contributed by atoms with Crippen LogP contribution in [-0.4, -0.2) is 32.1 Å². The fraction of sp³-hybridized carbons (Fsp3) is 0.273. The van der Waals surface area contributed by atoms with Crippen molar-refractivity contribution in [2.75, 3.05) is 20.2 Å². The predicted molar refractivity (Wildman–Crippen MR) is 81.4 cm³/mol. The van der Waals surface area contributed by atoms with Gasteiger partial charge in [0.2, 0.25) is 0 Å². The molecule has 6 nitrogen and oxygen atoms in total. The Morgan fingerprint density at radius 2 is 2.17 bits per heavy atom. The number of aliphatic imine (C=N–C) groups is 1. The third kappa shape index (κ3) is 5.71. The molecule has 5 N–H and O–H groups in total. The summed E-state index contributed by atoms with van der Waals surface area (Å²) in [5, 5.41) is 2.69. The maximum atomic E-state index is 11.7. The molecule has 7 heteroatoms. The van der Waals surface area contributed by atoms with E-state index in [-0.39, 0.29) is 35.8 Å². The summed E-state index contributed by atoms with van der Waals surface area (Å²) in [4.78, 5) is 15.4. The van der Waals surface area contributed by atoms with Gasteiger partial charge in [-0.15, -0.1) is 24.0 Å². The number of ether oxygens (including phenoxy) is 1. The van der Waals surface area contributed by atoms with Crippen LogP contribution in [0.2, 0.25) is 0 Å². The first kappa shape index (κ1) is 16.5. The number of carbonyl (C=O) groups is 1.